The first-order valence-electron chi connectivity index (χ1n) is 7.24. The van der Waals surface area contributed by atoms with Crippen molar-refractivity contribution in [2.24, 2.45) is 0 Å². The largest absolute Gasteiger partial charge is 0.476 e. The number of nitrogens with zero attached hydrogens (tertiary/aromatic N) is 2. The van der Waals surface area contributed by atoms with Crippen molar-refractivity contribution in [2.75, 3.05) is 17.7 Å². The number of hydrogen-bond donors (Lipinski definition) is 2. The van der Waals surface area contributed by atoms with Gasteiger partial charge in [0.05, 0.1) is 6.61 Å². The smallest absolute Gasteiger partial charge is 0.242 e. The number of rotatable bonds is 7. The molecule has 0 aliphatic rings. The second-order valence-electron chi connectivity index (χ2n) is 5.02. The van der Waals surface area contributed by atoms with E-state index in [1.54, 1.807) is 0 Å². The Morgan fingerprint density at radius 2 is 2.00 bits per heavy atom. The van der Waals surface area contributed by atoms with Gasteiger partial charge in [0.2, 0.25) is 5.88 Å². The van der Waals surface area contributed by atoms with Crippen molar-refractivity contribution in [2.45, 2.75) is 32.7 Å². The lowest BCUT2D eigenvalue weighted by molar-refractivity contribution is 0.306. The summed E-state index contributed by atoms with van der Waals surface area (Å²) in [5.41, 5.74) is 7.79. The van der Waals surface area contributed by atoms with E-state index in [-0.39, 0.29) is 6.04 Å². The van der Waals surface area contributed by atoms with Gasteiger partial charge in [-0.3, -0.25) is 0 Å². The Bertz CT molecular complexity index is 559. The fraction of sp³-hybridized carbons (Fsp3) is 0.375. The van der Waals surface area contributed by atoms with E-state index in [9.17, 15) is 0 Å². The summed E-state index contributed by atoms with van der Waals surface area (Å²) < 4.78 is 5.51. The Morgan fingerprint density at radius 1 is 1.24 bits per heavy atom. The van der Waals surface area contributed by atoms with E-state index < -0.39 is 0 Å². The Labute approximate surface area is 125 Å². The van der Waals surface area contributed by atoms with Gasteiger partial charge in [-0.15, -0.1) is 0 Å². The maximum atomic E-state index is 6.05. The van der Waals surface area contributed by atoms with Gasteiger partial charge in [0, 0.05) is 6.04 Å². The molecule has 1 unspecified atom stereocenters. The van der Waals surface area contributed by atoms with Gasteiger partial charge in [-0.25, -0.2) is 4.98 Å². The summed E-state index contributed by atoms with van der Waals surface area (Å²) in [5, 5.41) is 3.32. The van der Waals surface area contributed by atoms with E-state index in [0.717, 1.165) is 12.8 Å². The maximum Gasteiger partial charge on any atom is 0.242 e. The molecule has 0 bridgehead atoms. The van der Waals surface area contributed by atoms with E-state index in [1.807, 2.05) is 25.1 Å². The lowest BCUT2D eigenvalue weighted by atomic mass is 10.1. The number of hydrogen-bond acceptors (Lipinski definition) is 5. The van der Waals surface area contributed by atoms with Crippen LogP contribution in [-0.2, 0) is 6.42 Å². The highest BCUT2D eigenvalue weighted by Gasteiger charge is 2.11. The van der Waals surface area contributed by atoms with Gasteiger partial charge in [0.1, 0.15) is 12.0 Å². The molecular formula is C16H22N4O. The quantitative estimate of drug-likeness (QED) is 0.818. The molecule has 0 saturated carbocycles. The molecule has 112 valence electrons. The Kier molecular flexibility index (Phi) is 5.37. The highest BCUT2D eigenvalue weighted by atomic mass is 16.5. The third-order valence-electron chi connectivity index (χ3n) is 3.06. The van der Waals surface area contributed by atoms with Crippen molar-refractivity contribution in [3.05, 3.63) is 42.2 Å². The van der Waals surface area contributed by atoms with E-state index in [1.165, 1.54) is 11.9 Å². The van der Waals surface area contributed by atoms with Crippen molar-refractivity contribution in [3.8, 4) is 5.88 Å². The Morgan fingerprint density at radius 3 is 2.71 bits per heavy atom. The van der Waals surface area contributed by atoms with Crippen molar-refractivity contribution >= 4 is 11.5 Å². The predicted molar refractivity (Wildman–Crippen MR) is 85.5 cm³/mol. The molecule has 2 aromatic rings. The lowest BCUT2D eigenvalue weighted by Crippen LogP contribution is -2.20. The minimum Gasteiger partial charge on any atom is -0.476 e. The second kappa shape index (κ2) is 7.47. The third kappa shape index (κ3) is 4.34. The molecule has 0 aliphatic heterocycles. The molecule has 0 radical (unpaired) electrons. The molecule has 0 spiro atoms. The SMILES string of the molecule is CCCOc1ncnc(NC(C)Cc2ccccc2)c1N. The van der Waals surface area contributed by atoms with E-state index in [4.69, 9.17) is 10.5 Å². The highest BCUT2D eigenvalue weighted by Crippen LogP contribution is 2.25. The monoisotopic (exact) mass is 286 g/mol. The molecule has 1 aromatic heterocycles. The zero-order chi connectivity index (χ0) is 15.1. The predicted octanol–water partition coefficient (Wildman–Crippen LogP) is 2.89. The van der Waals surface area contributed by atoms with Crippen molar-refractivity contribution in [1.29, 1.82) is 0 Å². The molecule has 21 heavy (non-hydrogen) atoms. The van der Waals surface area contributed by atoms with Gasteiger partial charge >= 0.3 is 0 Å². The summed E-state index contributed by atoms with van der Waals surface area (Å²) >= 11 is 0. The summed E-state index contributed by atoms with van der Waals surface area (Å²) in [6.45, 7) is 4.74. The average Bonchev–Trinajstić information content (AvgIpc) is 2.49. The molecule has 3 N–H and O–H groups in total. The Hall–Kier alpha value is -2.30. The number of ether oxygens (including phenoxy) is 1. The van der Waals surface area contributed by atoms with Crippen LogP contribution in [-0.4, -0.2) is 22.6 Å². The summed E-state index contributed by atoms with van der Waals surface area (Å²) in [6.07, 6.45) is 3.28. The highest BCUT2D eigenvalue weighted by molar-refractivity contribution is 5.66. The molecule has 5 nitrogen and oxygen atoms in total. The van der Waals surface area contributed by atoms with Crippen LogP contribution >= 0.6 is 0 Å². The van der Waals surface area contributed by atoms with Crippen molar-refractivity contribution < 1.29 is 4.74 Å². The van der Waals surface area contributed by atoms with Crippen LogP contribution in [0.3, 0.4) is 0 Å². The zero-order valence-electron chi connectivity index (χ0n) is 12.5. The summed E-state index contributed by atoms with van der Waals surface area (Å²) in [7, 11) is 0. The number of anilines is 2. The van der Waals surface area contributed by atoms with Gasteiger partial charge < -0.3 is 15.8 Å². The number of aromatic nitrogens is 2. The summed E-state index contributed by atoms with van der Waals surface area (Å²) in [5.74, 6) is 1.07. The van der Waals surface area contributed by atoms with E-state index in [0.29, 0.717) is 24.0 Å². The number of nitrogen functional groups attached to an aromatic ring is 1. The topological polar surface area (TPSA) is 73.1 Å². The zero-order valence-corrected chi connectivity index (χ0v) is 12.5. The number of nitrogens with two attached hydrogens (primary N) is 1. The molecule has 0 fully saturated rings. The van der Waals surface area contributed by atoms with Crippen LogP contribution < -0.4 is 15.8 Å². The maximum absolute atomic E-state index is 6.05. The van der Waals surface area contributed by atoms with Crippen LogP contribution in [0.4, 0.5) is 11.5 Å². The van der Waals surface area contributed by atoms with Gasteiger partial charge in [-0.05, 0) is 25.3 Å². The van der Waals surface area contributed by atoms with Gasteiger partial charge in [0.15, 0.2) is 5.82 Å². The van der Waals surface area contributed by atoms with Crippen molar-refractivity contribution in [1.82, 2.24) is 9.97 Å². The molecule has 2 rings (SSSR count). The fourth-order valence-electron chi connectivity index (χ4n) is 2.06. The fourth-order valence-corrected chi connectivity index (χ4v) is 2.06. The third-order valence-corrected chi connectivity index (χ3v) is 3.06. The average molecular weight is 286 g/mol. The first kappa shape index (κ1) is 15.1. The van der Waals surface area contributed by atoms with Crippen molar-refractivity contribution in [3.63, 3.8) is 0 Å². The lowest BCUT2D eigenvalue weighted by Gasteiger charge is -2.17. The summed E-state index contributed by atoms with van der Waals surface area (Å²) in [6, 6.07) is 10.5. The number of benzene rings is 1. The van der Waals surface area contributed by atoms with Crippen LogP contribution in [0.5, 0.6) is 5.88 Å². The van der Waals surface area contributed by atoms with Crippen LogP contribution in [0.1, 0.15) is 25.8 Å². The molecule has 5 heteroatoms. The first-order valence-corrected chi connectivity index (χ1v) is 7.24. The standard InChI is InChI=1S/C16H22N4O/c1-3-9-21-16-14(17)15(18-11-19-16)20-12(2)10-13-7-5-4-6-8-13/h4-8,11-12H,3,9-10,17H2,1-2H3,(H,18,19,20). The molecule has 0 amide bonds. The van der Waals surface area contributed by atoms with E-state index >= 15 is 0 Å². The van der Waals surface area contributed by atoms with Crippen LogP contribution in [0.15, 0.2) is 36.7 Å². The van der Waals surface area contributed by atoms with Gasteiger partial charge in [-0.1, -0.05) is 37.3 Å². The van der Waals surface area contributed by atoms with E-state index in [2.05, 4.69) is 34.3 Å². The first-order chi connectivity index (χ1) is 10.2. The van der Waals surface area contributed by atoms with Crippen LogP contribution in [0, 0.1) is 0 Å². The van der Waals surface area contributed by atoms with Crippen LogP contribution in [0.2, 0.25) is 0 Å². The molecular weight excluding hydrogens is 264 g/mol. The second-order valence-corrected chi connectivity index (χ2v) is 5.02. The van der Waals surface area contributed by atoms with Crippen LogP contribution in [0.25, 0.3) is 0 Å². The molecule has 1 heterocycles. The molecule has 0 aliphatic carbocycles. The normalized spacial score (nSPS) is 11.9. The minimum absolute atomic E-state index is 0.212. The minimum atomic E-state index is 0.212. The summed E-state index contributed by atoms with van der Waals surface area (Å²) in [4.78, 5) is 8.27. The molecule has 1 atom stereocenters. The molecule has 1 aromatic carbocycles. The molecule has 0 saturated heterocycles. The van der Waals surface area contributed by atoms with Gasteiger partial charge in [0.25, 0.3) is 0 Å². The van der Waals surface area contributed by atoms with Gasteiger partial charge in [-0.2, -0.15) is 4.98 Å². The number of nitrogens with one attached hydrogen (secondary N) is 1. The Balaban J connectivity index is 2.02.